The lowest BCUT2D eigenvalue weighted by atomic mass is 10.1. The SMILES string of the molecule is CCc1nn(C)c(NCCc2ccccc2OC)c1[N+](=O)[O-]. The van der Waals surface area contributed by atoms with E-state index in [1.165, 1.54) is 4.68 Å². The van der Waals surface area contributed by atoms with Crippen LogP contribution in [0.1, 0.15) is 18.2 Å². The third kappa shape index (κ3) is 3.19. The number of aryl methyl sites for hydroxylation is 2. The quantitative estimate of drug-likeness (QED) is 0.628. The maximum atomic E-state index is 11.2. The molecule has 0 bridgehead atoms. The Bertz CT molecular complexity index is 667. The van der Waals surface area contributed by atoms with Gasteiger partial charge >= 0.3 is 5.69 Å². The predicted octanol–water partition coefficient (Wildman–Crippen LogP) is 2.55. The first kappa shape index (κ1) is 15.8. The van der Waals surface area contributed by atoms with Gasteiger partial charge in [0.25, 0.3) is 0 Å². The smallest absolute Gasteiger partial charge is 0.333 e. The second-order valence-corrected chi connectivity index (χ2v) is 4.87. The number of anilines is 1. The molecule has 0 radical (unpaired) electrons. The summed E-state index contributed by atoms with van der Waals surface area (Å²) in [6.07, 6.45) is 1.23. The van der Waals surface area contributed by atoms with Crippen LogP contribution in [-0.4, -0.2) is 28.4 Å². The van der Waals surface area contributed by atoms with Crippen LogP contribution >= 0.6 is 0 Å². The Kier molecular flexibility index (Phi) is 4.98. The molecule has 7 heteroatoms. The molecule has 1 aromatic heterocycles. The van der Waals surface area contributed by atoms with Gasteiger partial charge in [0.15, 0.2) is 0 Å². The molecule has 0 saturated carbocycles. The van der Waals surface area contributed by atoms with E-state index in [9.17, 15) is 10.1 Å². The van der Waals surface area contributed by atoms with Crippen LogP contribution in [0, 0.1) is 10.1 Å². The zero-order valence-electron chi connectivity index (χ0n) is 13.0. The zero-order valence-corrected chi connectivity index (χ0v) is 13.0. The van der Waals surface area contributed by atoms with Gasteiger partial charge in [-0.1, -0.05) is 25.1 Å². The van der Waals surface area contributed by atoms with E-state index in [-0.39, 0.29) is 10.6 Å². The first-order valence-corrected chi connectivity index (χ1v) is 7.14. The molecule has 1 N–H and O–H groups in total. The molecule has 0 aliphatic rings. The Labute approximate surface area is 129 Å². The van der Waals surface area contributed by atoms with Crippen molar-refractivity contribution >= 4 is 11.5 Å². The number of ether oxygens (including phenoxy) is 1. The Morgan fingerprint density at radius 2 is 2.14 bits per heavy atom. The number of rotatable bonds is 7. The van der Waals surface area contributed by atoms with Gasteiger partial charge in [0.05, 0.1) is 12.0 Å². The van der Waals surface area contributed by atoms with Crippen molar-refractivity contribution in [3.63, 3.8) is 0 Å². The molecule has 0 aliphatic carbocycles. The van der Waals surface area contributed by atoms with Crippen LogP contribution in [0.4, 0.5) is 11.5 Å². The molecule has 0 atom stereocenters. The van der Waals surface area contributed by atoms with Crippen LogP contribution in [-0.2, 0) is 19.9 Å². The van der Waals surface area contributed by atoms with E-state index in [1.54, 1.807) is 14.2 Å². The topological polar surface area (TPSA) is 82.2 Å². The highest BCUT2D eigenvalue weighted by Gasteiger charge is 2.25. The molecule has 1 heterocycles. The average Bonchev–Trinajstić information content (AvgIpc) is 2.84. The highest BCUT2D eigenvalue weighted by atomic mass is 16.6. The summed E-state index contributed by atoms with van der Waals surface area (Å²) in [6.45, 7) is 2.41. The summed E-state index contributed by atoms with van der Waals surface area (Å²) in [5.41, 5.74) is 1.61. The summed E-state index contributed by atoms with van der Waals surface area (Å²) in [6, 6.07) is 7.74. The standard InChI is InChI=1S/C15H20N4O3/c1-4-12-14(19(20)21)15(18(2)17-12)16-10-9-11-7-5-6-8-13(11)22-3/h5-8,16H,4,9-10H2,1-3H3. The Balaban J connectivity index is 2.12. The number of nitrogens with zero attached hydrogens (tertiary/aromatic N) is 3. The number of para-hydroxylation sites is 1. The van der Waals surface area contributed by atoms with E-state index in [1.807, 2.05) is 31.2 Å². The van der Waals surface area contributed by atoms with Gasteiger partial charge in [-0.15, -0.1) is 0 Å². The van der Waals surface area contributed by atoms with Crippen molar-refractivity contribution in [1.29, 1.82) is 0 Å². The fraction of sp³-hybridized carbons (Fsp3) is 0.400. The molecule has 0 fully saturated rings. The van der Waals surface area contributed by atoms with Crippen LogP contribution in [0.3, 0.4) is 0 Å². The fourth-order valence-corrected chi connectivity index (χ4v) is 2.42. The van der Waals surface area contributed by atoms with E-state index in [0.29, 0.717) is 30.9 Å². The van der Waals surface area contributed by atoms with E-state index in [0.717, 1.165) is 11.3 Å². The maximum absolute atomic E-state index is 11.2. The van der Waals surface area contributed by atoms with E-state index in [4.69, 9.17) is 4.74 Å². The molecule has 1 aromatic carbocycles. The lowest BCUT2D eigenvalue weighted by Gasteiger charge is -2.09. The van der Waals surface area contributed by atoms with Crippen LogP contribution in [0.5, 0.6) is 5.75 Å². The van der Waals surface area contributed by atoms with Gasteiger partial charge in [0.2, 0.25) is 5.82 Å². The van der Waals surface area contributed by atoms with Crippen LogP contribution < -0.4 is 10.1 Å². The molecular formula is C15H20N4O3. The largest absolute Gasteiger partial charge is 0.496 e. The van der Waals surface area contributed by atoms with E-state index in [2.05, 4.69) is 10.4 Å². The normalized spacial score (nSPS) is 10.5. The lowest BCUT2D eigenvalue weighted by Crippen LogP contribution is -2.10. The minimum Gasteiger partial charge on any atom is -0.496 e. The van der Waals surface area contributed by atoms with Gasteiger partial charge in [-0.05, 0) is 24.5 Å². The Morgan fingerprint density at radius 3 is 2.77 bits per heavy atom. The van der Waals surface area contributed by atoms with Crippen molar-refractivity contribution in [2.24, 2.45) is 7.05 Å². The third-order valence-corrected chi connectivity index (χ3v) is 3.49. The number of benzene rings is 1. The Hall–Kier alpha value is -2.57. The van der Waals surface area contributed by atoms with E-state index >= 15 is 0 Å². The third-order valence-electron chi connectivity index (χ3n) is 3.49. The van der Waals surface area contributed by atoms with Gasteiger partial charge in [0, 0.05) is 13.6 Å². The number of hydrogen-bond donors (Lipinski definition) is 1. The summed E-state index contributed by atoms with van der Waals surface area (Å²) >= 11 is 0. The summed E-state index contributed by atoms with van der Waals surface area (Å²) < 4.78 is 6.83. The van der Waals surface area contributed by atoms with Crippen molar-refractivity contribution in [1.82, 2.24) is 9.78 Å². The molecule has 0 saturated heterocycles. The first-order valence-electron chi connectivity index (χ1n) is 7.14. The summed E-state index contributed by atoms with van der Waals surface area (Å²) in [4.78, 5) is 10.9. The van der Waals surface area contributed by atoms with Gasteiger partial charge in [-0.25, -0.2) is 4.68 Å². The highest BCUT2D eigenvalue weighted by molar-refractivity contribution is 5.59. The van der Waals surface area contributed by atoms with Gasteiger partial charge in [0.1, 0.15) is 11.4 Å². The summed E-state index contributed by atoms with van der Waals surface area (Å²) in [5.74, 6) is 1.26. The number of methoxy groups -OCH3 is 1. The van der Waals surface area contributed by atoms with Gasteiger partial charge < -0.3 is 10.1 Å². The van der Waals surface area contributed by atoms with Gasteiger partial charge in [-0.3, -0.25) is 10.1 Å². The fourth-order valence-electron chi connectivity index (χ4n) is 2.42. The van der Waals surface area contributed by atoms with Gasteiger partial charge in [-0.2, -0.15) is 5.10 Å². The molecule has 118 valence electrons. The highest BCUT2D eigenvalue weighted by Crippen LogP contribution is 2.28. The van der Waals surface area contributed by atoms with Crippen LogP contribution in [0.2, 0.25) is 0 Å². The van der Waals surface area contributed by atoms with Crippen molar-refractivity contribution in [3.8, 4) is 5.75 Å². The number of hydrogen-bond acceptors (Lipinski definition) is 5. The minimum absolute atomic E-state index is 0.0602. The molecule has 7 nitrogen and oxygen atoms in total. The number of aromatic nitrogens is 2. The molecule has 2 rings (SSSR count). The number of nitrogens with one attached hydrogen (secondary N) is 1. The Morgan fingerprint density at radius 1 is 1.41 bits per heavy atom. The van der Waals surface area contributed by atoms with Crippen molar-refractivity contribution in [3.05, 3.63) is 45.6 Å². The number of nitro groups is 1. The molecular weight excluding hydrogens is 284 g/mol. The second kappa shape index (κ2) is 6.93. The molecule has 0 unspecified atom stereocenters. The zero-order chi connectivity index (χ0) is 16.1. The first-order chi connectivity index (χ1) is 10.6. The van der Waals surface area contributed by atoms with Crippen LogP contribution in [0.15, 0.2) is 24.3 Å². The van der Waals surface area contributed by atoms with Crippen LogP contribution in [0.25, 0.3) is 0 Å². The molecule has 22 heavy (non-hydrogen) atoms. The maximum Gasteiger partial charge on any atom is 0.333 e. The lowest BCUT2D eigenvalue weighted by molar-refractivity contribution is -0.384. The van der Waals surface area contributed by atoms with Crippen molar-refractivity contribution < 1.29 is 9.66 Å². The van der Waals surface area contributed by atoms with Crippen molar-refractivity contribution in [2.45, 2.75) is 19.8 Å². The minimum atomic E-state index is -0.378. The second-order valence-electron chi connectivity index (χ2n) is 4.87. The predicted molar refractivity (Wildman–Crippen MR) is 84.4 cm³/mol. The monoisotopic (exact) mass is 304 g/mol. The molecule has 0 aliphatic heterocycles. The van der Waals surface area contributed by atoms with Crippen molar-refractivity contribution in [2.75, 3.05) is 19.0 Å². The molecule has 0 amide bonds. The average molecular weight is 304 g/mol. The summed E-state index contributed by atoms with van der Waals surface area (Å²) in [5, 5.41) is 18.6. The molecule has 2 aromatic rings. The molecule has 0 spiro atoms. The summed E-state index contributed by atoms with van der Waals surface area (Å²) in [7, 11) is 3.34. The van der Waals surface area contributed by atoms with E-state index < -0.39 is 0 Å².